The minimum atomic E-state index is -1.25. The molecule has 0 aliphatic heterocycles. The summed E-state index contributed by atoms with van der Waals surface area (Å²) in [5.74, 6) is 0.140. The average Bonchev–Trinajstić information content (AvgIpc) is 3.00. The molecule has 0 radical (unpaired) electrons. The van der Waals surface area contributed by atoms with Crippen LogP contribution in [-0.4, -0.2) is 35.8 Å². The van der Waals surface area contributed by atoms with Crippen molar-refractivity contribution in [1.29, 1.82) is 0 Å². The SMILES string of the molecule is CC(C)(O)[C@H](NC(=O)[C@@H](COC(=O)c1ccccc1)c1ccccc1)c1ccc(OCC23CCC(CC2)CC3)cc1. The largest absolute Gasteiger partial charge is 0.493 e. The molecular weight excluding hydrogens is 514 g/mol. The summed E-state index contributed by atoms with van der Waals surface area (Å²) in [6, 6.07) is 24.9. The number of ether oxygens (including phenoxy) is 2. The number of esters is 1. The van der Waals surface area contributed by atoms with Gasteiger partial charge in [0.1, 0.15) is 12.4 Å². The zero-order valence-electron chi connectivity index (χ0n) is 24.1. The lowest BCUT2D eigenvalue weighted by Crippen LogP contribution is -2.44. The number of carbonyl (C=O) groups excluding carboxylic acids is 2. The van der Waals surface area contributed by atoms with E-state index in [1.807, 2.05) is 60.7 Å². The second-order valence-electron chi connectivity index (χ2n) is 12.4. The third kappa shape index (κ3) is 7.17. The van der Waals surface area contributed by atoms with Crippen LogP contribution in [0.2, 0.25) is 0 Å². The van der Waals surface area contributed by atoms with Gasteiger partial charge in [-0.25, -0.2) is 4.79 Å². The van der Waals surface area contributed by atoms with Crippen LogP contribution < -0.4 is 10.1 Å². The van der Waals surface area contributed by atoms with Crippen molar-refractivity contribution < 1.29 is 24.2 Å². The zero-order valence-corrected chi connectivity index (χ0v) is 24.1. The molecule has 3 aromatic rings. The summed E-state index contributed by atoms with van der Waals surface area (Å²) >= 11 is 0. The Balaban J connectivity index is 1.27. The Kier molecular flexibility index (Phi) is 8.79. The molecule has 6 rings (SSSR count). The van der Waals surface area contributed by atoms with Gasteiger partial charge in [0.05, 0.1) is 29.7 Å². The molecule has 2 N–H and O–H groups in total. The number of benzene rings is 3. The Bertz CT molecular complexity index is 1280. The fourth-order valence-electron chi connectivity index (χ4n) is 6.28. The minimum Gasteiger partial charge on any atom is -0.493 e. The van der Waals surface area contributed by atoms with Crippen LogP contribution in [0.15, 0.2) is 84.9 Å². The molecule has 3 fully saturated rings. The standard InChI is InChI=1S/C35H41NO5/c1-34(2,39)31(27-13-15-29(16-14-27)41-24-35-20-17-25(18-21-35)19-22-35)36-32(37)30(26-9-5-3-6-10-26)23-40-33(38)28-11-7-4-8-12-28/h3-16,25,30-31,39H,17-24H2,1-2H3,(H,36,37)/t25?,30-,31+,35?/m0/s1. The Labute approximate surface area is 243 Å². The van der Waals surface area contributed by atoms with Gasteiger partial charge in [-0.15, -0.1) is 0 Å². The smallest absolute Gasteiger partial charge is 0.338 e. The van der Waals surface area contributed by atoms with Crippen LogP contribution in [-0.2, 0) is 9.53 Å². The van der Waals surface area contributed by atoms with Crippen molar-refractivity contribution in [3.05, 3.63) is 102 Å². The molecule has 3 aromatic carbocycles. The van der Waals surface area contributed by atoms with Crippen molar-refractivity contribution in [2.24, 2.45) is 11.3 Å². The van der Waals surface area contributed by atoms with Gasteiger partial charge in [-0.1, -0.05) is 60.7 Å². The average molecular weight is 556 g/mol. The minimum absolute atomic E-state index is 0.128. The molecule has 41 heavy (non-hydrogen) atoms. The van der Waals surface area contributed by atoms with Crippen LogP contribution in [0.3, 0.4) is 0 Å². The van der Waals surface area contributed by atoms with Gasteiger partial charge in [-0.2, -0.15) is 0 Å². The number of fused-ring (bicyclic) bond motifs is 3. The predicted molar refractivity (Wildman–Crippen MR) is 159 cm³/mol. The van der Waals surface area contributed by atoms with Gasteiger partial charge in [0, 0.05) is 5.41 Å². The quantitative estimate of drug-likeness (QED) is 0.260. The van der Waals surface area contributed by atoms with Crippen LogP contribution >= 0.6 is 0 Å². The second-order valence-corrected chi connectivity index (χ2v) is 12.4. The molecule has 1 amide bonds. The maximum Gasteiger partial charge on any atom is 0.338 e. The van der Waals surface area contributed by atoms with Crippen LogP contribution in [0.1, 0.15) is 85.8 Å². The summed E-state index contributed by atoms with van der Waals surface area (Å²) in [6.45, 7) is 3.96. The van der Waals surface area contributed by atoms with E-state index in [1.54, 1.807) is 38.1 Å². The molecule has 2 bridgehead atoms. The predicted octanol–water partition coefficient (Wildman–Crippen LogP) is 6.60. The number of aliphatic hydroxyl groups is 1. The molecular formula is C35H41NO5. The number of nitrogens with one attached hydrogen (secondary N) is 1. The maximum absolute atomic E-state index is 13.7. The van der Waals surface area contributed by atoms with Crippen molar-refractivity contribution in [2.75, 3.05) is 13.2 Å². The van der Waals surface area contributed by atoms with Crippen LogP contribution in [0.25, 0.3) is 0 Å². The van der Waals surface area contributed by atoms with Gasteiger partial charge >= 0.3 is 5.97 Å². The summed E-state index contributed by atoms with van der Waals surface area (Å²) in [6.07, 6.45) is 7.74. The number of hydrogen-bond acceptors (Lipinski definition) is 5. The fourth-order valence-corrected chi connectivity index (χ4v) is 6.28. The molecule has 6 nitrogen and oxygen atoms in total. The summed E-state index contributed by atoms with van der Waals surface area (Å²) in [5.41, 5.74) is 0.975. The summed E-state index contributed by atoms with van der Waals surface area (Å²) in [4.78, 5) is 26.3. The lowest BCUT2D eigenvalue weighted by atomic mass is 9.61. The Morgan fingerprint density at radius 1 is 0.878 bits per heavy atom. The molecule has 2 atom stereocenters. The summed E-state index contributed by atoms with van der Waals surface area (Å²) in [5, 5.41) is 14.1. The highest BCUT2D eigenvalue weighted by molar-refractivity contribution is 5.90. The molecule has 0 spiro atoms. The molecule has 3 aliphatic rings. The second kappa shape index (κ2) is 12.5. The highest BCUT2D eigenvalue weighted by Crippen LogP contribution is 2.50. The Morgan fingerprint density at radius 2 is 1.46 bits per heavy atom. The van der Waals surface area contributed by atoms with E-state index in [1.165, 1.54) is 38.5 Å². The van der Waals surface area contributed by atoms with E-state index in [4.69, 9.17) is 9.47 Å². The summed E-state index contributed by atoms with van der Waals surface area (Å²) in [7, 11) is 0. The number of hydrogen-bond donors (Lipinski definition) is 2. The van der Waals surface area contributed by atoms with E-state index < -0.39 is 23.5 Å². The lowest BCUT2D eigenvalue weighted by molar-refractivity contribution is -0.126. The Hall–Kier alpha value is -3.64. The molecule has 3 saturated carbocycles. The van der Waals surface area contributed by atoms with E-state index >= 15 is 0 Å². The third-order valence-electron chi connectivity index (χ3n) is 8.91. The molecule has 3 aliphatic carbocycles. The molecule has 6 heteroatoms. The first kappa shape index (κ1) is 28.9. The monoisotopic (exact) mass is 555 g/mol. The van der Waals surface area contributed by atoms with E-state index in [0.717, 1.165) is 29.4 Å². The van der Waals surface area contributed by atoms with Gasteiger partial charge < -0.3 is 19.9 Å². The first-order valence-corrected chi connectivity index (χ1v) is 14.8. The van der Waals surface area contributed by atoms with Crippen LogP contribution in [0.5, 0.6) is 5.75 Å². The van der Waals surface area contributed by atoms with Gasteiger partial charge in [-0.05, 0) is 93.7 Å². The van der Waals surface area contributed by atoms with Crippen molar-refractivity contribution in [1.82, 2.24) is 5.32 Å². The van der Waals surface area contributed by atoms with Crippen molar-refractivity contribution in [2.45, 2.75) is 69.9 Å². The van der Waals surface area contributed by atoms with E-state index in [-0.39, 0.29) is 12.5 Å². The molecule has 0 unspecified atom stereocenters. The lowest BCUT2D eigenvalue weighted by Gasteiger charge is -2.46. The van der Waals surface area contributed by atoms with Crippen molar-refractivity contribution >= 4 is 11.9 Å². The van der Waals surface area contributed by atoms with Crippen molar-refractivity contribution in [3.63, 3.8) is 0 Å². The number of amides is 1. The zero-order chi connectivity index (χ0) is 28.9. The molecule has 216 valence electrons. The van der Waals surface area contributed by atoms with Gasteiger partial charge in [0.15, 0.2) is 0 Å². The van der Waals surface area contributed by atoms with E-state index in [2.05, 4.69) is 5.32 Å². The van der Waals surface area contributed by atoms with Crippen molar-refractivity contribution in [3.8, 4) is 5.75 Å². The first-order chi connectivity index (χ1) is 19.7. The number of carbonyl (C=O) groups is 2. The maximum atomic E-state index is 13.7. The fraction of sp³-hybridized carbons (Fsp3) is 0.429. The van der Waals surface area contributed by atoms with Gasteiger partial charge in [0.25, 0.3) is 0 Å². The molecule has 0 aromatic heterocycles. The number of rotatable bonds is 11. The normalized spacial score (nSPS) is 21.5. The van der Waals surface area contributed by atoms with Gasteiger partial charge in [0.2, 0.25) is 5.91 Å². The highest BCUT2D eigenvalue weighted by atomic mass is 16.5. The van der Waals surface area contributed by atoms with Crippen LogP contribution in [0.4, 0.5) is 0 Å². The first-order valence-electron chi connectivity index (χ1n) is 14.8. The molecule has 0 heterocycles. The van der Waals surface area contributed by atoms with Crippen LogP contribution in [0, 0.1) is 11.3 Å². The summed E-state index contributed by atoms with van der Waals surface area (Å²) < 4.78 is 11.8. The molecule has 0 saturated heterocycles. The van der Waals surface area contributed by atoms with E-state index in [9.17, 15) is 14.7 Å². The highest BCUT2D eigenvalue weighted by Gasteiger charge is 2.41. The topological polar surface area (TPSA) is 84.9 Å². The van der Waals surface area contributed by atoms with E-state index in [0.29, 0.717) is 11.0 Å². The third-order valence-corrected chi connectivity index (χ3v) is 8.91. The van der Waals surface area contributed by atoms with Gasteiger partial charge in [-0.3, -0.25) is 4.79 Å². The Morgan fingerprint density at radius 3 is 2.05 bits per heavy atom.